The van der Waals surface area contributed by atoms with Crippen molar-refractivity contribution in [2.24, 2.45) is 0 Å². The van der Waals surface area contributed by atoms with Crippen molar-refractivity contribution in [1.82, 2.24) is 0 Å². The van der Waals surface area contributed by atoms with E-state index in [1.165, 1.54) is 130 Å². The summed E-state index contributed by atoms with van der Waals surface area (Å²) in [4.78, 5) is 28.8. The van der Waals surface area contributed by atoms with Gasteiger partial charge in [0.1, 0.15) is 0 Å². The second kappa shape index (κ2) is 9.90. The Labute approximate surface area is 382 Å². The van der Waals surface area contributed by atoms with Crippen LogP contribution in [0.1, 0.15) is 43.0 Å². The Morgan fingerprint density at radius 2 is 0.588 bits per heavy atom. The molecule has 310 valence electrons. The van der Waals surface area contributed by atoms with E-state index in [1.54, 1.807) is 0 Å². The molecule has 19 aromatic rings. The largest absolute Gasteiger partial charge is 0.478 e. The first kappa shape index (κ1) is 33.8. The van der Waals surface area contributed by atoms with Crippen LogP contribution in [0.2, 0.25) is 0 Å². The van der Waals surface area contributed by atoms with Gasteiger partial charge in [-0.15, -0.1) is 0 Å². The van der Waals surface area contributed by atoms with E-state index in [2.05, 4.69) is 113 Å². The van der Waals surface area contributed by atoms with Crippen molar-refractivity contribution in [2.75, 3.05) is 0 Å². The maximum Gasteiger partial charge on any atom is 0.337 e. The molecule has 4 nitrogen and oxygen atoms in total. The fourth-order valence-electron chi connectivity index (χ4n) is 16.1. The first-order valence-electron chi connectivity index (χ1n) is 23.6. The Morgan fingerprint density at radius 3 is 1.00 bits per heavy atom. The number of aromatic carboxylic acids is 2. The number of carboxylic acids is 2. The van der Waals surface area contributed by atoms with Gasteiger partial charge in [-0.1, -0.05) is 97.1 Å². The third kappa shape index (κ3) is 3.03. The molecule has 0 spiro atoms. The quantitative estimate of drug-likeness (QED) is 0.134. The molecule has 0 unspecified atom stereocenters. The van der Waals surface area contributed by atoms with Gasteiger partial charge in [-0.25, -0.2) is 9.59 Å². The summed E-state index contributed by atoms with van der Waals surface area (Å²) in [6.07, 6.45) is 0. The molecule has 0 bridgehead atoms. The average molecular weight is 863 g/mol. The Kier molecular flexibility index (Phi) is 4.92. The van der Waals surface area contributed by atoms with E-state index in [0.29, 0.717) is 10.8 Å². The minimum atomic E-state index is -1.23. The monoisotopic (exact) mass is 862 g/mol. The van der Waals surface area contributed by atoms with Crippen molar-refractivity contribution < 1.29 is 19.8 Å². The van der Waals surface area contributed by atoms with Gasteiger partial charge in [0.15, 0.2) is 0 Å². The molecule has 0 amide bonds. The molecule has 4 heteroatoms. The molecule has 0 aliphatic carbocycles. The van der Waals surface area contributed by atoms with E-state index in [-0.39, 0.29) is 11.1 Å². The fourth-order valence-corrected chi connectivity index (χ4v) is 16.1. The van der Waals surface area contributed by atoms with Crippen molar-refractivity contribution in [2.45, 2.75) is 27.7 Å². The lowest BCUT2D eigenvalue weighted by Crippen LogP contribution is -2.12. The third-order valence-corrected chi connectivity index (χ3v) is 17.8. The van der Waals surface area contributed by atoms with Crippen molar-refractivity contribution >= 4 is 206 Å². The minimum absolute atomic E-state index is 0.137. The van der Waals surface area contributed by atoms with Crippen LogP contribution < -0.4 is 0 Å². The number of carbonyl (C=O) groups is 2. The SMILES string of the molecule is Cc1cc2ccc3c4cccc5c6c(C(=O)O)c(C(=O)O)c7c8cccc9c%10ccc%11cc(C)cc%12c%13cc(C)c%14c%15c(C)cc%16c(c1)c2c3c1c%16c%15c2c(c6c7c3c(c98)c(c%10c%11%12)c%13c%14c32)c1c45. The summed E-state index contributed by atoms with van der Waals surface area (Å²) in [6.45, 7) is 9.02. The molecule has 0 aromatic heterocycles. The average Bonchev–Trinajstić information content (AvgIpc) is 3.33. The number of fused-ring (bicyclic) bond motifs is 7. The van der Waals surface area contributed by atoms with E-state index in [9.17, 15) is 19.8 Å². The highest BCUT2D eigenvalue weighted by molar-refractivity contribution is 6.66. The van der Waals surface area contributed by atoms with Crippen LogP contribution in [-0.4, -0.2) is 22.2 Å². The molecule has 0 fully saturated rings. The van der Waals surface area contributed by atoms with E-state index < -0.39 is 11.9 Å². The Hall–Kier alpha value is -8.60. The van der Waals surface area contributed by atoms with Crippen molar-refractivity contribution in [3.8, 4) is 0 Å². The molecule has 0 saturated heterocycles. The zero-order valence-corrected chi connectivity index (χ0v) is 36.9. The van der Waals surface area contributed by atoms with Crippen LogP contribution in [0.25, 0.3) is 194 Å². The third-order valence-electron chi connectivity index (χ3n) is 17.8. The summed E-state index contributed by atoms with van der Waals surface area (Å²) >= 11 is 0. The molecular weight excluding hydrogens is 833 g/mol. The van der Waals surface area contributed by atoms with E-state index in [0.717, 1.165) is 75.4 Å². The zero-order valence-electron chi connectivity index (χ0n) is 36.9. The standard InChI is InChI=1S/C64H30O4/c1-21-15-25-11-13-29-27-7-5-9-31-41(27)51-53-43(29)39(25)33(17-21)35-19-23(3)37-38-24(4)20-36-34-18-22(2)16-26-12-14-30-28-8-6-10-32-42(28)52-54(44(30)40(26)34)48(36)50(38)58-57(49(37)47(35)53)59(51)55-45(31)61(63(65)66)62(64(67)68)46(32)56(55)60(52)58/h5-20H,1-4H3,(H,65,66)(H,67,68). The summed E-state index contributed by atoms with van der Waals surface area (Å²) in [5.41, 5.74) is 4.61. The molecule has 0 radical (unpaired) electrons. The summed E-state index contributed by atoms with van der Waals surface area (Å²) < 4.78 is 0. The molecule has 0 aliphatic rings. The Morgan fingerprint density at radius 1 is 0.279 bits per heavy atom. The predicted octanol–water partition coefficient (Wildman–Crippen LogP) is 17.5. The number of benzene rings is 19. The smallest absolute Gasteiger partial charge is 0.337 e. The van der Waals surface area contributed by atoms with Crippen molar-refractivity contribution in [1.29, 1.82) is 0 Å². The lowest BCUT2D eigenvalue weighted by molar-refractivity contribution is 0.0655. The maximum absolute atomic E-state index is 14.4. The van der Waals surface area contributed by atoms with Crippen LogP contribution in [0, 0.1) is 27.7 Å². The minimum Gasteiger partial charge on any atom is -0.478 e. The molecule has 0 heterocycles. The number of rotatable bonds is 2. The van der Waals surface area contributed by atoms with Gasteiger partial charge in [0, 0.05) is 32.3 Å². The van der Waals surface area contributed by atoms with Crippen LogP contribution in [0.5, 0.6) is 0 Å². The lowest BCUT2D eigenvalue weighted by Gasteiger charge is -2.33. The normalized spacial score (nSPS) is 13.8. The first-order chi connectivity index (χ1) is 33.1. The highest BCUT2D eigenvalue weighted by atomic mass is 16.4. The highest BCUT2D eigenvalue weighted by Crippen LogP contribution is 2.65. The molecule has 19 aromatic carbocycles. The second-order valence-corrected chi connectivity index (χ2v) is 20.8. The van der Waals surface area contributed by atoms with Gasteiger partial charge in [-0.05, 0) is 212 Å². The molecular formula is C64H30O4. The predicted molar refractivity (Wildman–Crippen MR) is 286 cm³/mol. The topological polar surface area (TPSA) is 74.6 Å². The highest BCUT2D eigenvalue weighted by Gasteiger charge is 2.39. The van der Waals surface area contributed by atoms with Crippen LogP contribution >= 0.6 is 0 Å². The number of hydrogen-bond acceptors (Lipinski definition) is 2. The Bertz CT molecular complexity index is 5290. The molecule has 68 heavy (non-hydrogen) atoms. The maximum atomic E-state index is 14.4. The number of aryl methyl sites for hydroxylation is 4. The second-order valence-electron chi connectivity index (χ2n) is 20.8. The zero-order chi connectivity index (χ0) is 44.7. The van der Waals surface area contributed by atoms with Crippen LogP contribution in [-0.2, 0) is 0 Å². The summed E-state index contributed by atoms with van der Waals surface area (Å²) in [5.74, 6) is -2.46. The van der Waals surface area contributed by atoms with E-state index in [1.807, 2.05) is 12.1 Å². The Balaban J connectivity index is 1.33. The van der Waals surface area contributed by atoms with E-state index >= 15 is 0 Å². The van der Waals surface area contributed by atoms with Crippen molar-refractivity contribution in [3.63, 3.8) is 0 Å². The van der Waals surface area contributed by atoms with Crippen LogP contribution in [0.4, 0.5) is 0 Å². The van der Waals surface area contributed by atoms with Crippen LogP contribution in [0.15, 0.2) is 97.1 Å². The summed E-state index contributed by atoms with van der Waals surface area (Å²) in [6, 6.07) is 36.0. The van der Waals surface area contributed by atoms with Gasteiger partial charge in [0.25, 0.3) is 0 Å². The van der Waals surface area contributed by atoms with Crippen molar-refractivity contribution in [3.05, 3.63) is 130 Å². The number of hydrogen-bond donors (Lipinski definition) is 2. The van der Waals surface area contributed by atoms with Gasteiger partial charge >= 0.3 is 11.9 Å². The summed E-state index contributed by atoms with van der Waals surface area (Å²) in [7, 11) is 0. The molecule has 19 rings (SSSR count). The van der Waals surface area contributed by atoms with Gasteiger partial charge in [0.2, 0.25) is 0 Å². The molecule has 0 atom stereocenters. The number of carboxylic acid groups (broad SMARTS) is 2. The van der Waals surface area contributed by atoms with Crippen LogP contribution in [0.3, 0.4) is 0 Å². The molecule has 0 saturated carbocycles. The lowest BCUT2D eigenvalue weighted by atomic mass is 9.69. The van der Waals surface area contributed by atoms with Gasteiger partial charge < -0.3 is 10.2 Å². The van der Waals surface area contributed by atoms with E-state index in [4.69, 9.17) is 0 Å². The summed E-state index contributed by atoms with van der Waals surface area (Å²) in [5, 5.41) is 63.4. The fraction of sp³-hybridized carbons (Fsp3) is 0.0625. The molecule has 2 N–H and O–H groups in total. The first-order valence-corrected chi connectivity index (χ1v) is 23.6. The van der Waals surface area contributed by atoms with Gasteiger partial charge in [-0.3, -0.25) is 0 Å². The van der Waals surface area contributed by atoms with Gasteiger partial charge in [0.05, 0.1) is 11.1 Å². The van der Waals surface area contributed by atoms with Gasteiger partial charge in [-0.2, -0.15) is 0 Å². The molecule has 0 aliphatic heterocycles.